The Labute approximate surface area is 162 Å². The van der Waals surface area contributed by atoms with E-state index in [1.54, 1.807) is 0 Å². The molecule has 26 heavy (non-hydrogen) atoms. The number of fused-ring (bicyclic) bond motifs is 1. The molecule has 0 aromatic heterocycles. The fourth-order valence-corrected chi connectivity index (χ4v) is 3.13. The standard InChI is InChI=1S/C20H23BrN2O3/c1-13(2)20(14-3-8-17-18(11-14)26-10-9-25-17)23-19(24)12-22-16-6-4-15(21)5-7-16/h3-8,11,13,20,22H,9-10,12H2,1-2H3,(H,23,24)/t20-/m0/s1. The van der Waals surface area contributed by atoms with Crippen LogP contribution in [0.2, 0.25) is 0 Å². The first-order valence-corrected chi connectivity index (χ1v) is 9.50. The summed E-state index contributed by atoms with van der Waals surface area (Å²) in [5.41, 5.74) is 1.92. The second kappa shape index (κ2) is 8.45. The van der Waals surface area contributed by atoms with Crippen LogP contribution in [0.3, 0.4) is 0 Å². The molecule has 1 atom stereocenters. The van der Waals surface area contributed by atoms with E-state index in [1.165, 1.54) is 0 Å². The Hall–Kier alpha value is -2.21. The van der Waals surface area contributed by atoms with Crippen LogP contribution in [-0.2, 0) is 4.79 Å². The number of hydrogen-bond donors (Lipinski definition) is 2. The molecule has 5 nitrogen and oxygen atoms in total. The van der Waals surface area contributed by atoms with Gasteiger partial charge in [-0.15, -0.1) is 0 Å². The van der Waals surface area contributed by atoms with E-state index in [0.29, 0.717) is 13.2 Å². The van der Waals surface area contributed by atoms with Gasteiger partial charge < -0.3 is 20.1 Å². The number of anilines is 1. The second-order valence-corrected chi connectivity index (χ2v) is 7.47. The molecule has 2 aromatic rings. The molecule has 1 aliphatic rings. The number of hydrogen-bond acceptors (Lipinski definition) is 4. The van der Waals surface area contributed by atoms with Crippen molar-refractivity contribution >= 4 is 27.5 Å². The normalized spacial score (nSPS) is 14.0. The van der Waals surface area contributed by atoms with Crippen molar-refractivity contribution in [2.24, 2.45) is 5.92 Å². The summed E-state index contributed by atoms with van der Waals surface area (Å²) in [6, 6.07) is 13.5. The predicted molar refractivity (Wildman–Crippen MR) is 106 cm³/mol. The first-order chi connectivity index (χ1) is 12.5. The lowest BCUT2D eigenvalue weighted by Gasteiger charge is -2.25. The lowest BCUT2D eigenvalue weighted by Crippen LogP contribution is -2.35. The van der Waals surface area contributed by atoms with Crippen molar-refractivity contribution in [3.05, 3.63) is 52.5 Å². The van der Waals surface area contributed by atoms with Crippen molar-refractivity contribution in [2.75, 3.05) is 25.1 Å². The summed E-state index contributed by atoms with van der Waals surface area (Å²) in [6.45, 7) is 5.51. The van der Waals surface area contributed by atoms with Gasteiger partial charge in [-0.1, -0.05) is 35.8 Å². The van der Waals surface area contributed by atoms with Gasteiger partial charge in [0, 0.05) is 10.2 Å². The molecule has 138 valence electrons. The quantitative estimate of drug-likeness (QED) is 0.739. The molecular formula is C20H23BrN2O3. The van der Waals surface area contributed by atoms with E-state index >= 15 is 0 Å². The second-order valence-electron chi connectivity index (χ2n) is 6.55. The number of carbonyl (C=O) groups is 1. The monoisotopic (exact) mass is 418 g/mol. The highest BCUT2D eigenvalue weighted by molar-refractivity contribution is 9.10. The van der Waals surface area contributed by atoms with Crippen molar-refractivity contribution in [2.45, 2.75) is 19.9 Å². The van der Waals surface area contributed by atoms with Gasteiger partial charge in [0.1, 0.15) is 13.2 Å². The zero-order valence-corrected chi connectivity index (χ0v) is 16.5. The van der Waals surface area contributed by atoms with Gasteiger partial charge in [-0.05, 0) is 47.9 Å². The van der Waals surface area contributed by atoms with Crippen LogP contribution in [0.1, 0.15) is 25.5 Å². The van der Waals surface area contributed by atoms with Crippen LogP contribution in [0.4, 0.5) is 5.69 Å². The molecule has 0 fully saturated rings. The van der Waals surface area contributed by atoms with Crippen LogP contribution < -0.4 is 20.1 Å². The number of rotatable bonds is 6. The Kier molecular flexibility index (Phi) is 6.04. The molecule has 6 heteroatoms. The zero-order valence-electron chi connectivity index (χ0n) is 14.9. The van der Waals surface area contributed by atoms with E-state index in [4.69, 9.17) is 9.47 Å². The van der Waals surface area contributed by atoms with E-state index in [0.717, 1.165) is 27.2 Å². The molecular weight excluding hydrogens is 396 g/mol. The molecule has 1 heterocycles. The molecule has 1 aliphatic heterocycles. The Morgan fingerprint density at radius 1 is 1.08 bits per heavy atom. The maximum Gasteiger partial charge on any atom is 0.239 e. The lowest BCUT2D eigenvalue weighted by molar-refractivity contribution is -0.120. The minimum Gasteiger partial charge on any atom is -0.486 e. The number of halogens is 1. The van der Waals surface area contributed by atoms with E-state index in [1.807, 2.05) is 42.5 Å². The van der Waals surface area contributed by atoms with Gasteiger partial charge in [-0.25, -0.2) is 0 Å². The number of ether oxygens (including phenoxy) is 2. The average molecular weight is 419 g/mol. The molecule has 0 saturated carbocycles. The summed E-state index contributed by atoms with van der Waals surface area (Å²) in [7, 11) is 0. The maximum atomic E-state index is 12.4. The third kappa shape index (κ3) is 4.69. The molecule has 2 aromatic carbocycles. The minimum atomic E-state index is -0.0926. The Morgan fingerprint density at radius 2 is 1.77 bits per heavy atom. The maximum absolute atomic E-state index is 12.4. The number of amides is 1. The molecule has 0 unspecified atom stereocenters. The van der Waals surface area contributed by atoms with Crippen LogP contribution in [-0.4, -0.2) is 25.7 Å². The highest BCUT2D eigenvalue weighted by atomic mass is 79.9. The third-order valence-corrected chi connectivity index (χ3v) is 4.73. The first kappa shape index (κ1) is 18.6. The molecule has 0 radical (unpaired) electrons. The van der Waals surface area contributed by atoms with E-state index in [2.05, 4.69) is 40.4 Å². The Morgan fingerprint density at radius 3 is 2.46 bits per heavy atom. The van der Waals surface area contributed by atoms with E-state index in [9.17, 15) is 4.79 Å². The van der Waals surface area contributed by atoms with E-state index in [-0.39, 0.29) is 24.4 Å². The van der Waals surface area contributed by atoms with Gasteiger partial charge in [0.15, 0.2) is 11.5 Å². The fraction of sp³-hybridized carbons (Fsp3) is 0.350. The third-order valence-electron chi connectivity index (χ3n) is 4.21. The predicted octanol–water partition coefficient (Wildman–Crippen LogP) is 4.15. The summed E-state index contributed by atoms with van der Waals surface area (Å²) in [6.07, 6.45) is 0. The van der Waals surface area contributed by atoms with Gasteiger partial charge in [0.05, 0.1) is 12.6 Å². The van der Waals surface area contributed by atoms with Gasteiger partial charge >= 0.3 is 0 Å². The van der Waals surface area contributed by atoms with Crippen molar-refractivity contribution in [1.82, 2.24) is 5.32 Å². The number of carbonyl (C=O) groups excluding carboxylic acids is 1. The largest absolute Gasteiger partial charge is 0.486 e. The Balaban J connectivity index is 1.64. The summed E-state index contributed by atoms with van der Waals surface area (Å²) < 4.78 is 12.2. The molecule has 2 N–H and O–H groups in total. The smallest absolute Gasteiger partial charge is 0.239 e. The topological polar surface area (TPSA) is 59.6 Å². The first-order valence-electron chi connectivity index (χ1n) is 8.71. The summed E-state index contributed by atoms with van der Waals surface area (Å²) in [4.78, 5) is 12.4. The molecule has 1 amide bonds. The molecule has 0 saturated heterocycles. The fourth-order valence-electron chi connectivity index (χ4n) is 2.86. The summed E-state index contributed by atoms with van der Waals surface area (Å²) in [5, 5.41) is 6.25. The molecule has 0 bridgehead atoms. The van der Waals surface area contributed by atoms with Crippen LogP contribution in [0.15, 0.2) is 46.9 Å². The number of nitrogens with one attached hydrogen (secondary N) is 2. The van der Waals surface area contributed by atoms with Crippen LogP contribution >= 0.6 is 15.9 Å². The molecule has 3 rings (SSSR count). The van der Waals surface area contributed by atoms with Gasteiger partial charge in [0.25, 0.3) is 0 Å². The van der Waals surface area contributed by atoms with Crippen molar-refractivity contribution < 1.29 is 14.3 Å². The number of benzene rings is 2. The lowest BCUT2D eigenvalue weighted by atomic mass is 9.95. The highest BCUT2D eigenvalue weighted by Crippen LogP contribution is 2.34. The van der Waals surface area contributed by atoms with Crippen LogP contribution in [0.5, 0.6) is 11.5 Å². The van der Waals surface area contributed by atoms with Gasteiger partial charge in [0.2, 0.25) is 5.91 Å². The molecule has 0 aliphatic carbocycles. The van der Waals surface area contributed by atoms with Gasteiger partial charge in [-0.3, -0.25) is 4.79 Å². The molecule has 0 spiro atoms. The zero-order chi connectivity index (χ0) is 18.5. The van der Waals surface area contributed by atoms with E-state index < -0.39 is 0 Å². The highest BCUT2D eigenvalue weighted by Gasteiger charge is 2.21. The van der Waals surface area contributed by atoms with Crippen molar-refractivity contribution in [3.8, 4) is 11.5 Å². The van der Waals surface area contributed by atoms with Crippen LogP contribution in [0, 0.1) is 5.92 Å². The minimum absolute atomic E-state index is 0.0542. The summed E-state index contributed by atoms with van der Waals surface area (Å²) >= 11 is 3.40. The van der Waals surface area contributed by atoms with Crippen LogP contribution in [0.25, 0.3) is 0 Å². The van der Waals surface area contributed by atoms with Gasteiger partial charge in [-0.2, -0.15) is 0 Å². The van der Waals surface area contributed by atoms with Crippen molar-refractivity contribution in [1.29, 1.82) is 0 Å². The Bertz CT molecular complexity index is 762. The average Bonchev–Trinajstić information content (AvgIpc) is 2.65. The van der Waals surface area contributed by atoms with Crippen molar-refractivity contribution in [3.63, 3.8) is 0 Å². The SMILES string of the molecule is CC(C)[C@H](NC(=O)CNc1ccc(Br)cc1)c1ccc2c(c1)OCCO2. The summed E-state index contributed by atoms with van der Waals surface area (Å²) in [5.74, 6) is 1.68.